The Kier molecular flexibility index (Phi) is 8.53. The molecule has 7 nitrogen and oxygen atoms in total. The third-order valence-electron chi connectivity index (χ3n) is 3.28. The zero-order valence-electron chi connectivity index (χ0n) is 12.4. The number of hydrogen-bond acceptors (Lipinski definition) is 7. The van der Waals surface area contributed by atoms with Gasteiger partial charge in [0.15, 0.2) is 6.29 Å². The second-order valence-corrected chi connectivity index (χ2v) is 6.17. The molecule has 8 heteroatoms. The van der Waals surface area contributed by atoms with Gasteiger partial charge in [-0.3, -0.25) is 4.79 Å². The van der Waals surface area contributed by atoms with Crippen LogP contribution in [0, 0.1) is 0 Å². The summed E-state index contributed by atoms with van der Waals surface area (Å²) in [7, 11) is 1.61. The van der Waals surface area contributed by atoms with Crippen molar-refractivity contribution in [1.29, 1.82) is 0 Å². The van der Waals surface area contributed by atoms with Gasteiger partial charge in [0.1, 0.15) is 18.3 Å². The fraction of sp³-hybridized carbons (Fsp3) is 0.923. The van der Waals surface area contributed by atoms with E-state index in [-0.39, 0.29) is 5.91 Å². The first-order valence-corrected chi connectivity index (χ1v) is 8.22. The largest absolute Gasteiger partial charge is 0.388 e. The van der Waals surface area contributed by atoms with Crippen molar-refractivity contribution in [2.75, 3.05) is 25.2 Å². The number of nitrogens with one attached hydrogen (secondary N) is 1. The molecule has 124 valence electrons. The maximum Gasteiger partial charge on any atom is 0.220 e. The quantitative estimate of drug-likeness (QED) is 0.428. The van der Waals surface area contributed by atoms with Gasteiger partial charge in [0.25, 0.3) is 0 Å². The van der Waals surface area contributed by atoms with Crippen molar-refractivity contribution in [3.05, 3.63) is 0 Å². The van der Waals surface area contributed by atoms with Gasteiger partial charge in [-0.1, -0.05) is 0 Å². The molecule has 1 heterocycles. The summed E-state index contributed by atoms with van der Waals surface area (Å²) in [4.78, 5) is 11.0. The minimum absolute atomic E-state index is 0.0269. The Morgan fingerprint density at radius 3 is 2.62 bits per heavy atom. The summed E-state index contributed by atoms with van der Waals surface area (Å²) in [6.07, 6.45) is -3.89. The predicted octanol–water partition coefficient (Wildman–Crippen LogP) is -0.910. The van der Waals surface area contributed by atoms with E-state index < -0.39 is 30.7 Å². The smallest absolute Gasteiger partial charge is 0.220 e. The topological polar surface area (TPSA) is 108 Å². The molecule has 0 radical (unpaired) electrons. The zero-order chi connectivity index (χ0) is 15.8. The van der Waals surface area contributed by atoms with E-state index >= 15 is 0 Å². The molecule has 1 aliphatic heterocycles. The van der Waals surface area contributed by atoms with Gasteiger partial charge >= 0.3 is 0 Å². The lowest BCUT2D eigenvalue weighted by molar-refractivity contribution is -0.292. The second kappa shape index (κ2) is 9.60. The van der Waals surface area contributed by atoms with Gasteiger partial charge in [0, 0.05) is 19.2 Å². The number of carbonyl (C=O) groups is 1. The molecule has 0 aromatic carbocycles. The van der Waals surface area contributed by atoms with Gasteiger partial charge in [-0.25, -0.2) is 0 Å². The third kappa shape index (κ3) is 6.09. The van der Waals surface area contributed by atoms with Crippen molar-refractivity contribution in [1.82, 2.24) is 5.32 Å². The minimum atomic E-state index is -1.26. The maximum atomic E-state index is 11.0. The molecule has 1 rings (SSSR count). The van der Waals surface area contributed by atoms with Gasteiger partial charge in [0.05, 0.1) is 12.7 Å². The number of carbonyl (C=O) groups excluding carboxylic acids is 1. The summed E-state index contributed by atoms with van der Waals surface area (Å²) in [5.41, 5.74) is 0. The Balaban J connectivity index is 2.11. The van der Waals surface area contributed by atoms with Crippen LogP contribution in [-0.4, -0.2) is 77.1 Å². The van der Waals surface area contributed by atoms with Crippen molar-refractivity contribution in [2.24, 2.45) is 0 Å². The van der Waals surface area contributed by atoms with Gasteiger partial charge in [-0.15, -0.1) is 0 Å². The summed E-state index contributed by atoms with van der Waals surface area (Å²) in [5, 5.41) is 31.5. The molecule has 21 heavy (non-hydrogen) atoms. The molecule has 2 unspecified atom stereocenters. The highest BCUT2D eigenvalue weighted by Crippen LogP contribution is 2.21. The van der Waals surface area contributed by atoms with Crippen LogP contribution in [0.2, 0.25) is 0 Å². The van der Waals surface area contributed by atoms with Crippen molar-refractivity contribution in [2.45, 2.75) is 50.5 Å². The van der Waals surface area contributed by atoms with Crippen LogP contribution in [0.4, 0.5) is 0 Å². The molecular weight excluding hydrogens is 298 g/mol. The van der Waals surface area contributed by atoms with Crippen LogP contribution in [0.5, 0.6) is 0 Å². The van der Waals surface area contributed by atoms with E-state index in [4.69, 9.17) is 9.47 Å². The Hall–Kier alpha value is -0.380. The lowest BCUT2D eigenvalue weighted by Gasteiger charge is -2.38. The summed E-state index contributed by atoms with van der Waals surface area (Å²) in [6.45, 7) is 2.00. The van der Waals surface area contributed by atoms with E-state index in [1.807, 2.05) is 0 Å². The third-order valence-corrected chi connectivity index (χ3v) is 4.35. The van der Waals surface area contributed by atoms with E-state index in [9.17, 15) is 20.1 Å². The fourth-order valence-electron chi connectivity index (χ4n) is 1.90. The maximum absolute atomic E-state index is 11.0. The van der Waals surface area contributed by atoms with Gasteiger partial charge < -0.3 is 30.1 Å². The molecule has 4 N–H and O–H groups in total. The monoisotopic (exact) mass is 323 g/mol. The van der Waals surface area contributed by atoms with Crippen molar-refractivity contribution in [3.8, 4) is 0 Å². The molecule has 1 amide bonds. The molecule has 0 bridgehead atoms. The van der Waals surface area contributed by atoms with Crippen LogP contribution in [-0.2, 0) is 14.3 Å². The first-order valence-electron chi connectivity index (χ1n) is 7.07. The molecule has 1 fully saturated rings. The number of aliphatic hydroxyl groups excluding tert-OH is 3. The predicted molar refractivity (Wildman–Crippen MR) is 78.9 cm³/mol. The average Bonchev–Trinajstić information content (AvgIpc) is 2.48. The zero-order valence-corrected chi connectivity index (χ0v) is 13.2. The molecule has 0 aromatic heterocycles. The highest BCUT2D eigenvalue weighted by molar-refractivity contribution is 7.99. The number of thioether (sulfide) groups is 1. The van der Waals surface area contributed by atoms with Crippen LogP contribution in [0.1, 0.15) is 19.8 Å². The summed E-state index contributed by atoms with van der Waals surface area (Å²) in [6, 6.07) is 0. The lowest BCUT2D eigenvalue weighted by Crippen LogP contribution is -2.57. The molecule has 0 aliphatic carbocycles. The van der Waals surface area contributed by atoms with E-state index in [0.717, 1.165) is 17.9 Å². The minimum Gasteiger partial charge on any atom is -0.388 e. The Morgan fingerprint density at radius 1 is 1.24 bits per heavy atom. The van der Waals surface area contributed by atoms with Crippen molar-refractivity contribution in [3.63, 3.8) is 0 Å². The summed E-state index contributed by atoms with van der Waals surface area (Å²) >= 11 is 1.65. The SMILES string of the molecule is CNC(=O)CCSCCCO[C@H]1OC(C)[C@@H](O)[C@H](O)C1O. The van der Waals surface area contributed by atoms with Crippen molar-refractivity contribution >= 4 is 17.7 Å². The van der Waals surface area contributed by atoms with Crippen LogP contribution < -0.4 is 5.32 Å². The van der Waals surface area contributed by atoms with Crippen LogP contribution in [0.3, 0.4) is 0 Å². The Morgan fingerprint density at radius 2 is 1.95 bits per heavy atom. The molecule has 0 saturated carbocycles. The van der Waals surface area contributed by atoms with Crippen molar-refractivity contribution < 1.29 is 29.6 Å². The Labute approximate surface area is 129 Å². The van der Waals surface area contributed by atoms with Crippen LogP contribution >= 0.6 is 11.8 Å². The number of hydrogen-bond donors (Lipinski definition) is 4. The number of rotatable bonds is 8. The standard InChI is InChI=1S/C13H25NO6S/c1-8-10(16)11(17)12(18)13(20-8)19-5-3-6-21-7-4-9(15)14-2/h8,10-13,16-18H,3-7H2,1-2H3,(H,14,15)/t8?,10-,11+,12?,13+/m1/s1. The Bertz CT molecular complexity index is 319. The molecule has 1 saturated heterocycles. The molecule has 5 atom stereocenters. The van der Waals surface area contributed by atoms with E-state index in [1.54, 1.807) is 25.7 Å². The summed E-state index contributed by atoms with van der Waals surface area (Å²) < 4.78 is 10.7. The molecule has 0 aromatic rings. The number of ether oxygens (including phenoxy) is 2. The van der Waals surface area contributed by atoms with Gasteiger partial charge in [-0.2, -0.15) is 11.8 Å². The number of aliphatic hydroxyl groups is 3. The average molecular weight is 323 g/mol. The van der Waals surface area contributed by atoms with E-state index in [0.29, 0.717) is 13.0 Å². The second-order valence-electron chi connectivity index (χ2n) is 4.94. The van der Waals surface area contributed by atoms with Crippen LogP contribution in [0.25, 0.3) is 0 Å². The van der Waals surface area contributed by atoms with E-state index in [2.05, 4.69) is 5.32 Å². The first-order chi connectivity index (χ1) is 9.97. The molecular formula is C13H25NO6S. The molecule has 1 aliphatic rings. The first kappa shape index (κ1) is 18.7. The number of amides is 1. The van der Waals surface area contributed by atoms with E-state index in [1.165, 1.54) is 0 Å². The molecule has 0 spiro atoms. The highest BCUT2D eigenvalue weighted by Gasteiger charge is 2.42. The highest BCUT2D eigenvalue weighted by atomic mass is 32.2. The summed E-state index contributed by atoms with van der Waals surface area (Å²) in [5.74, 6) is 1.61. The normalized spacial score (nSPS) is 32.9. The van der Waals surface area contributed by atoms with Gasteiger partial charge in [0.2, 0.25) is 5.91 Å². The van der Waals surface area contributed by atoms with Crippen LogP contribution in [0.15, 0.2) is 0 Å². The van der Waals surface area contributed by atoms with Gasteiger partial charge in [-0.05, 0) is 19.1 Å². The fourth-order valence-corrected chi connectivity index (χ4v) is 2.76. The lowest BCUT2D eigenvalue weighted by atomic mass is 10.0.